The Morgan fingerprint density at radius 1 is 1.31 bits per heavy atom. The molecule has 0 spiro atoms. The largest absolute Gasteiger partial charge is 0.462 e. The quantitative estimate of drug-likeness (QED) is 0.761. The number of piperidine rings is 1. The van der Waals surface area contributed by atoms with Crippen molar-refractivity contribution >= 4 is 27.6 Å². The molecule has 0 saturated carbocycles. The number of esters is 1. The van der Waals surface area contributed by atoms with Gasteiger partial charge in [0, 0.05) is 18.8 Å². The summed E-state index contributed by atoms with van der Waals surface area (Å²) in [5, 5.41) is 2.84. The van der Waals surface area contributed by atoms with Gasteiger partial charge in [-0.2, -0.15) is 0 Å². The molecule has 2 rings (SSSR count). The lowest BCUT2D eigenvalue weighted by atomic mass is 9.98. The highest BCUT2D eigenvalue weighted by molar-refractivity contribution is 7.89. The first kappa shape index (κ1) is 20.4. The van der Waals surface area contributed by atoms with Gasteiger partial charge < -0.3 is 10.1 Å². The van der Waals surface area contributed by atoms with E-state index in [1.807, 2.05) is 6.92 Å². The Kier molecular flexibility index (Phi) is 6.77. The van der Waals surface area contributed by atoms with Crippen LogP contribution < -0.4 is 5.32 Å². The van der Waals surface area contributed by atoms with Gasteiger partial charge in [-0.15, -0.1) is 0 Å². The van der Waals surface area contributed by atoms with Crippen molar-refractivity contribution < 1.29 is 22.7 Å². The van der Waals surface area contributed by atoms with Crippen LogP contribution in [0, 0.1) is 12.8 Å². The second-order valence-electron chi connectivity index (χ2n) is 6.34. The Balaban J connectivity index is 2.12. The van der Waals surface area contributed by atoms with Gasteiger partial charge in [0.1, 0.15) is 0 Å². The Bertz CT molecular complexity index is 776. The molecule has 1 aliphatic heterocycles. The Labute approximate surface area is 154 Å². The van der Waals surface area contributed by atoms with Crippen LogP contribution in [0.15, 0.2) is 18.2 Å². The molecule has 1 aromatic rings. The Morgan fingerprint density at radius 2 is 2.04 bits per heavy atom. The van der Waals surface area contributed by atoms with E-state index in [1.54, 1.807) is 32.0 Å². The summed E-state index contributed by atoms with van der Waals surface area (Å²) in [6.45, 7) is 6.09. The van der Waals surface area contributed by atoms with Crippen molar-refractivity contribution in [1.82, 2.24) is 4.31 Å². The molecule has 0 radical (unpaired) electrons. The summed E-state index contributed by atoms with van der Waals surface area (Å²) in [4.78, 5) is 24.5. The maximum Gasteiger partial charge on any atom is 0.338 e. The summed E-state index contributed by atoms with van der Waals surface area (Å²) < 4.78 is 30.5. The summed E-state index contributed by atoms with van der Waals surface area (Å²) in [5.41, 5.74) is 1.72. The normalized spacial score (nSPS) is 18.3. The maximum absolute atomic E-state index is 12.6. The van der Waals surface area contributed by atoms with E-state index in [1.165, 1.54) is 4.31 Å². The average molecular weight is 382 g/mol. The fourth-order valence-corrected chi connectivity index (χ4v) is 4.10. The highest BCUT2D eigenvalue weighted by Crippen LogP contribution is 2.23. The molecule has 7 nitrogen and oxygen atoms in total. The van der Waals surface area contributed by atoms with Gasteiger partial charge in [-0.05, 0) is 51.3 Å². The number of benzene rings is 1. The van der Waals surface area contributed by atoms with Gasteiger partial charge >= 0.3 is 5.97 Å². The predicted octanol–water partition coefficient (Wildman–Crippen LogP) is 2.17. The second kappa shape index (κ2) is 8.64. The molecule has 0 aromatic heterocycles. The molecular weight excluding hydrogens is 356 g/mol. The molecule has 26 heavy (non-hydrogen) atoms. The molecule has 1 aliphatic rings. The molecular formula is C18H26N2O5S. The predicted molar refractivity (Wildman–Crippen MR) is 99.5 cm³/mol. The standard InChI is InChI=1S/C18H26N2O5S/c1-4-25-18(22)14-9-8-13(3)16(11-14)19-17(21)15-7-6-10-20(12-15)26(23,24)5-2/h8-9,11,15H,4-7,10,12H2,1-3H3,(H,19,21)/t15-/m1/s1. The van der Waals surface area contributed by atoms with Gasteiger partial charge in [0.15, 0.2) is 0 Å². The van der Waals surface area contributed by atoms with E-state index in [0.717, 1.165) is 5.56 Å². The van der Waals surface area contributed by atoms with Crippen LogP contribution in [-0.4, -0.2) is 50.0 Å². The molecule has 144 valence electrons. The number of sulfonamides is 1. The number of rotatable bonds is 6. The number of ether oxygens (including phenoxy) is 1. The van der Waals surface area contributed by atoms with Crippen LogP contribution in [0.2, 0.25) is 0 Å². The molecule has 0 unspecified atom stereocenters. The van der Waals surface area contributed by atoms with E-state index >= 15 is 0 Å². The first-order valence-electron chi connectivity index (χ1n) is 8.85. The number of hydrogen-bond donors (Lipinski definition) is 1. The third-order valence-corrected chi connectivity index (χ3v) is 6.37. The third-order valence-electron chi connectivity index (χ3n) is 4.52. The van der Waals surface area contributed by atoms with Crippen molar-refractivity contribution in [3.63, 3.8) is 0 Å². The van der Waals surface area contributed by atoms with Crippen LogP contribution in [0.5, 0.6) is 0 Å². The lowest BCUT2D eigenvalue weighted by Crippen LogP contribution is -2.44. The molecule has 1 N–H and O–H groups in total. The van der Waals surface area contributed by atoms with Crippen LogP contribution in [0.25, 0.3) is 0 Å². The minimum atomic E-state index is -3.30. The Hall–Kier alpha value is -1.93. The third kappa shape index (κ3) is 4.82. The molecule has 1 heterocycles. The summed E-state index contributed by atoms with van der Waals surface area (Å²) in [7, 11) is -3.30. The maximum atomic E-state index is 12.6. The van der Waals surface area contributed by atoms with E-state index < -0.39 is 21.9 Å². The van der Waals surface area contributed by atoms with E-state index in [2.05, 4.69) is 5.32 Å². The van der Waals surface area contributed by atoms with Crippen molar-refractivity contribution in [1.29, 1.82) is 0 Å². The molecule has 0 bridgehead atoms. The SMILES string of the molecule is CCOC(=O)c1ccc(C)c(NC(=O)[C@@H]2CCCN(S(=O)(=O)CC)C2)c1. The number of anilines is 1. The number of nitrogens with zero attached hydrogens (tertiary/aromatic N) is 1. The Morgan fingerprint density at radius 3 is 2.69 bits per heavy atom. The smallest absolute Gasteiger partial charge is 0.338 e. The van der Waals surface area contributed by atoms with Crippen LogP contribution in [0.3, 0.4) is 0 Å². The van der Waals surface area contributed by atoms with Gasteiger partial charge in [-0.1, -0.05) is 6.07 Å². The van der Waals surface area contributed by atoms with Crippen LogP contribution >= 0.6 is 0 Å². The zero-order chi connectivity index (χ0) is 19.3. The van der Waals surface area contributed by atoms with Gasteiger partial charge in [-0.3, -0.25) is 4.79 Å². The zero-order valence-corrected chi connectivity index (χ0v) is 16.3. The number of carbonyl (C=O) groups is 2. The number of carbonyl (C=O) groups excluding carboxylic acids is 2. The minimum absolute atomic E-state index is 0.0298. The van der Waals surface area contributed by atoms with Crippen LogP contribution in [-0.2, 0) is 19.6 Å². The average Bonchev–Trinajstić information content (AvgIpc) is 2.63. The molecule has 8 heteroatoms. The van der Waals surface area contributed by atoms with Gasteiger partial charge in [0.2, 0.25) is 15.9 Å². The van der Waals surface area contributed by atoms with E-state index in [9.17, 15) is 18.0 Å². The van der Waals surface area contributed by atoms with Crippen molar-refractivity contribution in [2.75, 3.05) is 30.8 Å². The number of nitrogens with one attached hydrogen (secondary N) is 1. The summed E-state index contributed by atoms with van der Waals surface area (Å²) >= 11 is 0. The molecule has 1 amide bonds. The molecule has 1 fully saturated rings. The second-order valence-corrected chi connectivity index (χ2v) is 8.59. The fourth-order valence-electron chi connectivity index (χ4n) is 2.92. The number of aryl methyl sites for hydroxylation is 1. The highest BCUT2D eigenvalue weighted by atomic mass is 32.2. The first-order chi connectivity index (χ1) is 12.3. The summed E-state index contributed by atoms with van der Waals surface area (Å²) in [6, 6.07) is 4.99. The molecule has 1 atom stereocenters. The topological polar surface area (TPSA) is 92.8 Å². The van der Waals surface area contributed by atoms with Gasteiger partial charge in [0.25, 0.3) is 0 Å². The van der Waals surface area contributed by atoms with E-state index in [4.69, 9.17) is 4.74 Å². The summed E-state index contributed by atoms with van der Waals surface area (Å²) in [6.07, 6.45) is 1.29. The van der Waals surface area contributed by atoms with Crippen LogP contribution in [0.1, 0.15) is 42.6 Å². The zero-order valence-electron chi connectivity index (χ0n) is 15.4. The minimum Gasteiger partial charge on any atom is -0.462 e. The van der Waals surface area contributed by atoms with Gasteiger partial charge in [0.05, 0.1) is 23.8 Å². The lowest BCUT2D eigenvalue weighted by molar-refractivity contribution is -0.120. The monoisotopic (exact) mass is 382 g/mol. The molecule has 1 aromatic carbocycles. The van der Waals surface area contributed by atoms with E-state index in [0.29, 0.717) is 30.6 Å². The first-order valence-corrected chi connectivity index (χ1v) is 10.5. The van der Waals surface area contributed by atoms with Crippen molar-refractivity contribution in [2.45, 2.75) is 33.6 Å². The fraction of sp³-hybridized carbons (Fsp3) is 0.556. The number of hydrogen-bond acceptors (Lipinski definition) is 5. The van der Waals surface area contributed by atoms with Crippen molar-refractivity contribution in [2.24, 2.45) is 5.92 Å². The van der Waals surface area contributed by atoms with E-state index in [-0.39, 0.29) is 24.8 Å². The highest BCUT2D eigenvalue weighted by Gasteiger charge is 2.31. The lowest BCUT2D eigenvalue weighted by Gasteiger charge is -2.31. The van der Waals surface area contributed by atoms with Gasteiger partial charge in [-0.25, -0.2) is 17.5 Å². The number of amides is 1. The molecule has 1 saturated heterocycles. The summed E-state index contributed by atoms with van der Waals surface area (Å²) in [5.74, 6) is -1.05. The van der Waals surface area contributed by atoms with Crippen LogP contribution in [0.4, 0.5) is 5.69 Å². The van der Waals surface area contributed by atoms with Crippen molar-refractivity contribution in [3.05, 3.63) is 29.3 Å². The van der Waals surface area contributed by atoms with Crippen molar-refractivity contribution in [3.8, 4) is 0 Å². The molecule has 0 aliphatic carbocycles.